The molecule has 0 aliphatic heterocycles. The van der Waals surface area contributed by atoms with Crippen molar-refractivity contribution in [1.29, 1.82) is 0 Å². The van der Waals surface area contributed by atoms with Crippen LogP contribution in [0.25, 0.3) is 11.3 Å². The largest absolute Gasteiger partial charge is 0.490 e. The number of halogens is 3. The van der Waals surface area contributed by atoms with Gasteiger partial charge in [-0.2, -0.15) is 0 Å². The number of aliphatic hydroxyl groups is 2. The van der Waals surface area contributed by atoms with E-state index >= 15 is 0 Å². The average molecular weight is 545 g/mol. The normalized spacial score (nSPS) is 21.5. The molecule has 0 unspecified atom stereocenters. The molecule has 0 radical (unpaired) electrons. The van der Waals surface area contributed by atoms with Gasteiger partial charge in [-0.1, -0.05) is 6.92 Å². The molecule has 208 valence electrons. The number of carbonyl (C=O) groups is 1. The number of pyridine rings is 2. The first-order valence-corrected chi connectivity index (χ1v) is 12.5. The summed E-state index contributed by atoms with van der Waals surface area (Å²) >= 11 is 0. The number of rotatable bonds is 7. The van der Waals surface area contributed by atoms with Crippen molar-refractivity contribution in [2.45, 2.75) is 57.3 Å². The number of hydrogen-bond donors (Lipinski definition) is 4. The molecule has 1 aromatic carbocycles. The van der Waals surface area contributed by atoms with Gasteiger partial charge in [0.1, 0.15) is 41.2 Å². The fourth-order valence-corrected chi connectivity index (χ4v) is 4.74. The lowest BCUT2D eigenvalue weighted by molar-refractivity contribution is 0.0282. The van der Waals surface area contributed by atoms with E-state index in [-0.39, 0.29) is 29.9 Å². The topological polar surface area (TPSA) is 131 Å². The van der Waals surface area contributed by atoms with Gasteiger partial charge in [0, 0.05) is 24.4 Å². The monoisotopic (exact) mass is 544 g/mol. The molecule has 3 aromatic rings. The van der Waals surface area contributed by atoms with Crippen LogP contribution in [0.15, 0.2) is 42.7 Å². The Morgan fingerprint density at radius 2 is 1.85 bits per heavy atom. The smallest absolute Gasteiger partial charge is 0.274 e. The number of nitrogens with zero attached hydrogens (tertiary/aromatic N) is 2. The summed E-state index contributed by atoms with van der Waals surface area (Å²) in [5.41, 5.74) is 4.33. The summed E-state index contributed by atoms with van der Waals surface area (Å²) < 4.78 is 49.7. The Balaban J connectivity index is 1.60. The molecule has 1 fully saturated rings. The molecule has 5 N–H and O–H groups in total. The second-order valence-corrected chi connectivity index (χ2v) is 10.6. The maximum absolute atomic E-state index is 14.9. The van der Waals surface area contributed by atoms with Crippen molar-refractivity contribution in [3.63, 3.8) is 0 Å². The van der Waals surface area contributed by atoms with Gasteiger partial charge in [0.05, 0.1) is 29.2 Å². The second kappa shape index (κ2) is 11.3. The Hall–Kier alpha value is -3.54. The highest BCUT2D eigenvalue weighted by molar-refractivity contribution is 6.03. The molecule has 0 bridgehead atoms. The van der Waals surface area contributed by atoms with Crippen molar-refractivity contribution < 1.29 is 32.9 Å². The van der Waals surface area contributed by atoms with Gasteiger partial charge < -0.3 is 26.0 Å². The SMILES string of the molecule is C[C@H]1C[C@@H](c2ccncc2NC(=O)c2ccc(F)c(-c3c(F)cc(OCC(C)(C)O)cc3F)n2)C[C@@H](N)[C@@H]1O. The van der Waals surface area contributed by atoms with Crippen molar-refractivity contribution in [2.75, 3.05) is 11.9 Å². The van der Waals surface area contributed by atoms with Crippen LogP contribution < -0.4 is 15.8 Å². The van der Waals surface area contributed by atoms with Crippen molar-refractivity contribution in [3.8, 4) is 17.0 Å². The molecule has 8 nitrogen and oxygen atoms in total. The van der Waals surface area contributed by atoms with Gasteiger partial charge in [-0.25, -0.2) is 18.2 Å². The Labute approximate surface area is 224 Å². The highest BCUT2D eigenvalue weighted by atomic mass is 19.1. The van der Waals surface area contributed by atoms with E-state index in [2.05, 4.69) is 15.3 Å². The number of hydrogen-bond acceptors (Lipinski definition) is 7. The van der Waals surface area contributed by atoms with Gasteiger partial charge in [0.15, 0.2) is 0 Å². The summed E-state index contributed by atoms with van der Waals surface area (Å²) in [4.78, 5) is 21.1. The number of carbonyl (C=O) groups excluding carboxylic acids is 1. The van der Waals surface area contributed by atoms with Gasteiger partial charge >= 0.3 is 0 Å². The van der Waals surface area contributed by atoms with E-state index in [1.165, 1.54) is 20.0 Å². The van der Waals surface area contributed by atoms with Crippen LogP contribution in [0, 0.1) is 23.4 Å². The predicted molar refractivity (Wildman–Crippen MR) is 139 cm³/mol. The molecule has 1 amide bonds. The highest BCUT2D eigenvalue weighted by Crippen LogP contribution is 2.38. The van der Waals surface area contributed by atoms with E-state index in [1.807, 2.05) is 6.92 Å². The van der Waals surface area contributed by atoms with E-state index in [0.717, 1.165) is 29.8 Å². The zero-order chi connectivity index (χ0) is 28.5. The number of nitrogens with one attached hydrogen (secondary N) is 1. The van der Waals surface area contributed by atoms with Crippen molar-refractivity contribution in [1.82, 2.24) is 9.97 Å². The average Bonchev–Trinajstić information content (AvgIpc) is 2.86. The lowest BCUT2D eigenvalue weighted by Crippen LogP contribution is -2.44. The number of amides is 1. The fraction of sp³-hybridized carbons (Fsp3) is 0.393. The van der Waals surface area contributed by atoms with E-state index in [1.54, 1.807) is 12.3 Å². The van der Waals surface area contributed by atoms with Crippen LogP contribution in [0.4, 0.5) is 18.9 Å². The molecule has 39 heavy (non-hydrogen) atoms. The molecule has 2 heterocycles. The minimum atomic E-state index is -1.24. The molecule has 1 saturated carbocycles. The van der Waals surface area contributed by atoms with Crippen LogP contribution in [0.2, 0.25) is 0 Å². The lowest BCUT2D eigenvalue weighted by atomic mass is 9.74. The Morgan fingerprint density at radius 3 is 2.49 bits per heavy atom. The van der Waals surface area contributed by atoms with E-state index in [4.69, 9.17) is 10.5 Å². The van der Waals surface area contributed by atoms with Crippen molar-refractivity contribution in [2.24, 2.45) is 11.7 Å². The molecule has 0 spiro atoms. The molecular formula is C28H31F3N4O4. The summed E-state index contributed by atoms with van der Waals surface area (Å²) in [7, 11) is 0. The first-order valence-electron chi connectivity index (χ1n) is 12.5. The van der Waals surface area contributed by atoms with Crippen LogP contribution in [0.5, 0.6) is 5.75 Å². The zero-order valence-electron chi connectivity index (χ0n) is 21.8. The molecule has 4 atom stereocenters. The third-order valence-electron chi connectivity index (χ3n) is 6.70. The quantitative estimate of drug-likeness (QED) is 0.351. The molecule has 2 aromatic heterocycles. The van der Waals surface area contributed by atoms with Gasteiger partial charge in [-0.3, -0.25) is 9.78 Å². The number of nitrogens with two attached hydrogens (primary N) is 1. The van der Waals surface area contributed by atoms with Gasteiger partial charge in [0.25, 0.3) is 5.91 Å². The molecule has 0 saturated heterocycles. The minimum absolute atomic E-state index is 0.0474. The zero-order valence-corrected chi connectivity index (χ0v) is 21.8. The van der Waals surface area contributed by atoms with Crippen molar-refractivity contribution in [3.05, 3.63) is 71.4 Å². The number of anilines is 1. The molecule has 1 aliphatic rings. The first kappa shape index (κ1) is 28.5. The second-order valence-electron chi connectivity index (χ2n) is 10.6. The minimum Gasteiger partial charge on any atom is -0.490 e. The van der Waals surface area contributed by atoms with Crippen LogP contribution in [0.3, 0.4) is 0 Å². The van der Waals surface area contributed by atoms with Gasteiger partial charge in [0.2, 0.25) is 0 Å². The molecule has 1 aliphatic carbocycles. The molecule has 11 heteroatoms. The third-order valence-corrected chi connectivity index (χ3v) is 6.70. The maximum atomic E-state index is 14.9. The number of ether oxygens (including phenoxy) is 1. The van der Waals surface area contributed by atoms with Crippen LogP contribution in [-0.2, 0) is 0 Å². The maximum Gasteiger partial charge on any atom is 0.274 e. The van der Waals surface area contributed by atoms with Crippen molar-refractivity contribution >= 4 is 11.6 Å². The number of aliphatic hydroxyl groups excluding tert-OH is 1. The van der Waals surface area contributed by atoms with Gasteiger partial charge in [-0.15, -0.1) is 0 Å². The van der Waals surface area contributed by atoms with Crippen LogP contribution in [0.1, 0.15) is 55.6 Å². The van der Waals surface area contributed by atoms with E-state index in [9.17, 15) is 28.2 Å². The van der Waals surface area contributed by atoms with E-state index in [0.29, 0.717) is 18.5 Å². The standard InChI is InChI=1S/C28H31F3N4O4/c1-14-8-15(9-21(32)26(14)36)17-6-7-33-12-23(17)35-27(37)22-5-4-18(29)25(34-22)24-19(30)10-16(11-20(24)31)39-13-28(2,3)38/h4-7,10-12,14-15,21,26,36,38H,8-9,13,32H2,1-3H3,(H,35,37)/t14-,15+,21+,26+/m0/s1. The molecule has 4 rings (SSSR count). The summed E-state index contributed by atoms with van der Waals surface area (Å²) in [5, 5.41) is 22.7. The highest BCUT2D eigenvalue weighted by Gasteiger charge is 2.34. The predicted octanol–water partition coefficient (Wildman–Crippen LogP) is 4.16. The fourth-order valence-electron chi connectivity index (χ4n) is 4.74. The Bertz CT molecular complexity index is 1330. The van der Waals surface area contributed by atoms with Crippen LogP contribution >= 0.6 is 0 Å². The summed E-state index contributed by atoms with van der Waals surface area (Å²) in [5.74, 6) is -4.35. The number of benzene rings is 1. The van der Waals surface area contributed by atoms with E-state index < -0.39 is 52.4 Å². The van der Waals surface area contributed by atoms with Crippen LogP contribution in [-0.4, -0.2) is 50.4 Å². The summed E-state index contributed by atoms with van der Waals surface area (Å²) in [6.07, 6.45) is 3.58. The third kappa shape index (κ3) is 6.55. The summed E-state index contributed by atoms with van der Waals surface area (Å²) in [6, 6.07) is 5.05. The lowest BCUT2D eigenvalue weighted by Gasteiger charge is -2.36. The first-order chi connectivity index (χ1) is 18.3. The Morgan fingerprint density at radius 1 is 1.15 bits per heavy atom. The Kier molecular flexibility index (Phi) is 8.24. The number of aromatic nitrogens is 2. The molecular weight excluding hydrogens is 513 g/mol. The summed E-state index contributed by atoms with van der Waals surface area (Å²) in [6.45, 7) is 4.61. The van der Waals surface area contributed by atoms with Gasteiger partial charge in [-0.05, 0) is 62.3 Å².